The summed E-state index contributed by atoms with van der Waals surface area (Å²) in [6.07, 6.45) is 0. The molecule has 0 bridgehead atoms. The predicted octanol–water partition coefficient (Wildman–Crippen LogP) is 3.25. The Labute approximate surface area is 106 Å². The van der Waals surface area contributed by atoms with E-state index in [0.29, 0.717) is 11.3 Å². The van der Waals surface area contributed by atoms with Crippen molar-refractivity contribution in [2.45, 2.75) is 13.8 Å². The Morgan fingerprint density at radius 1 is 1.06 bits per heavy atom. The fourth-order valence-corrected chi connectivity index (χ4v) is 1.90. The zero-order chi connectivity index (χ0) is 13.3. The van der Waals surface area contributed by atoms with E-state index in [9.17, 15) is 9.90 Å². The molecule has 0 saturated carbocycles. The maximum Gasteiger partial charge on any atom is 0.336 e. The number of nitrogens with two attached hydrogens (primary N) is 1. The van der Waals surface area contributed by atoms with Gasteiger partial charge in [-0.25, -0.2) is 4.79 Å². The number of rotatable bonds is 2. The van der Waals surface area contributed by atoms with Crippen LogP contribution in [-0.4, -0.2) is 11.1 Å². The summed E-state index contributed by atoms with van der Waals surface area (Å²) >= 11 is 0. The molecule has 2 rings (SSSR count). The first-order valence-electron chi connectivity index (χ1n) is 5.69. The predicted molar refractivity (Wildman–Crippen MR) is 72.7 cm³/mol. The van der Waals surface area contributed by atoms with Crippen molar-refractivity contribution in [3.63, 3.8) is 0 Å². The molecule has 2 aromatic rings. The van der Waals surface area contributed by atoms with Crippen molar-refractivity contribution in [3.05, 3.63) is 53.1 Å². The van der Waals surface area contributed by atoms with Gasteiger partial charge in [-0.3, -0.25) is 0 Å². The lowest BCUT2D eigenvalue weighted by Crippen LogP contribution is -2.01. The first kappa shape index (κ1) is 12.2. The molecule has 0 heterocycles. The van der Waals surface area contributed by atoms with Gasteiger partial charge in [0.2, 0.25) is 0 Å². The van der Waals surface area contributed by atoms with Crippen LogP contribution >= 0.6 is 0 Å². The van der Waals surface area contributed by atoms with Crippen LogP contribution in [0.3, 0.4) is 0 Å². The van der Waals surface area contributed by atoms with Gasteiger partial charge in [-0.05, 0) is 54.3 Å². The standard InChI is InChI=1S/C15H15NO2/c1-9-3-4-11(7-10(9)2)14-8-12(16)5-6-13(14)15(17)18/h3-8H,16H2,1-2H3,(H,17,18). The molecule has 0 fully saturated rings. The Morgan fingerprint density at radius 2 is 1.78 bits per heavy atom. The molecule has 0 aromatic heterocycles. The normalized spacial score (nSPS) is 10.3. The van der Waals surface area contributed by atoms with E-state index < -0.39 is 5.97 Å². The first-order chi connectivity index (χ1) is 8.49. The van der Waals surface area contributed by atoms with Gasteiger partial charge in [0.15, 0.2) is 0 Å². The zero-order valence-corrected chi connectivity index (χ0v) is 10.4. The van der Waals surface area contributed by atoms with Crippen LogP contribution in [0.25, 0.3) is 11.1 Å². The van der Waals surface area contributed by atoms with Crippen LogP contribution in [0.5, 0.6) is 0 Å². The molecule has 92 valence electrons. The van der Waals surface area contributed by atoms with E-state index in [1.807, 2.05) is 32.0 Å². The van der Waals surface area contributed by atoms with Crippen LogP contribution in [0.15, 0.2) is 36.4 Å². The fraction of sp³-hybridized carbons (Fsp3) is 0.133. The molecule has 0 saturated heterocycles. The molecule has 0 amide bonds. The van der Waals surface area contributed by atoms with Crippen molar-refractivity contribution in [3.8, 4) is 11.1 Å². The minimum absolute atomic E-state index is 0.271. The second-order valence-electron chi connectivity index (χ2n) is 4.41. The van der Waals surface area contributed by atoms with E-state index in [1.165, 1.54) is 5.56 Å². The fourth-order valence-electron chi connectivity index (χ4n) is 1.90. The van der Waals surface area contributed by atoms with Gasteiger partial charge in [0, 0.05) is 5.69 Å². The van der Waals surface area contributed by atoms with Crippen LogP contribution in [-0.2, 0) is 0 Å². The summed E-state index contributed by atoms with van der Waals surface area (Å²) in [5, 5.41) is 9.20. The molecule has 0 unspecified atom stereocenters. The lowest BCUT2D eigenvalue weighted by Gasteiger charge is -2.09. The average molecular weight is 241 g/mol. The topological polar surface area (TPSA) is 63.3 Å². The number of carbonyl (C=O) groups is 1. The summed E-state index contributed by atoms with van der Waals surface area (Å²) in [5.41, 5.74) is 10.4. The molecule has 0 radical (unpaired) electrons. The van der Waals surface area contributed by atoms with Gasteiger partial charge in [0.25, 0.3) is 0 Å². The highest BCUT2D eigenvalue weighted by molar-refractivity contribution is 5.97. The number of nitrogen functional groups attached to an aromatic ring is 1. The van der Waals surface area contributed by atoms with Crippen LogP contribution in [0.1, 0.15) is 21.5 Å². The molecule has 2 aromatic carbocycles. The van der Waals surface area contributed by atoms with E-state index >= 15 is 0 Å². The number of hydrogen-bond acceptors (Lipinski definition) is 2. The molecule has 0 aliphatic rings. The van der Waals surface area contributed by atoms with Crippen molar-refractivity contribution < 1.29 is 9.90 Å². The van der Waals surface area contributed by atoms with E-state index in [1.54, 1.807) is 18.2 Å². The second kappa shape index (κ2) is 4.53. The molecule has 3 N–H and O–H groups in total. The minimum Gasteiger partial charge on any atom is -0.478 e. The quantitative estimate of drug-likeness (QED) is 0.793. The maximum absolute atomic E-state index is 11.2. The average Bonchev–Trinajstić information content (AvgIpc) is 2.32. The summed E-state index contributed by atoms with van der Waals surface area (Å²) in [6, 6.07) is 10.7. The number of benzene rings is 2. The van der Waals surface area contributed by atoms with Crippen molar-refractivity contribution in [1.82, 2.24) is 0 Å². The summed E-state index contributed by atoms with van der Waals surface area (Å²) < 4.78 is 0. The Balaban J connectivity index is 2.65. The van der Waals surface area contributed by atoms with Gasteiger partial charge < -0.3 is 10.8 Å². The van der Waals surface area contributed by atoms with E-state index in [2.05, 4.69) is 0 Å². The van der Waals surface area contributed by atoms with Gasteiger partial charge in [-0.2, -0.15) is 0 Å². The number of carboxylic acids is 1. The number of aryl methyl sites for hydroxylation is 2. The minimum atomic E-state index is -0.941. The second-order valence-corrected chi connectivity index (χ2v) is 4.41. The van der Waals surface area contributed by atoms with Crippen LogP contribution < -0.4 is 5.73 Å². The van der Waals surface area contributed by atoms with E-state index in [-0.39, 0.29) is 5.56 Å². The zero-order valence-electron chi connectivity index (χ0n) is 10.4. The van der Waals surface area contributed by atoms with Crippen molar-refractivity contribution in [1.29, 1.82) is 0 Å². The summed E-state index contributed by atoms with van der Waals surface area (Å²) in [5.74, 6) is -0.941. The Bertz CT molecular complexity index is 618. The maximum atomic E-state index is 11.2. The molecular weight excluding hydrogens is 226 g/mol. The monoisotopic (exact) mass is 241 g/mol. The van der Waals surface area contributed by atoms with Crippen molar-refractivity contribution in [2.24, 2.45) is 0 Å². The van der Waals surface area contributed by atoms with Gasteiger partial charge in [0.1, 0.15) is 0 Å². The smallest absolute Gasteiger partial charge is 0.336 e. The molecule has 0 aliphatic heterocycles. The van der Waals surface area contributed by atoms with Crippen LogP contribution in [0.2, 0.25) is 0 Å². The summed E-state index contributed by atoms with van der Waals surface area (Å²) in [7, 11) is 0. The third kappa shape index (κ3) is 2.20. The van der Waals surface area contributed by atoms with Crippen molar-refractivity contribution >= 4 is 11.7 Å². The molecule has 0 spiro atoms. The Hall–Kier alpha value is -2.29. The summed E-state index contributed by atoms with van der Waals surface area (Å²) in [6.45, 7) is 4.03. The lowest BCUT2D eigenvalue weighted by atomic mass is 9.96. The molecule has 3 heteroatoms. The molecule has 0 aliphatic carbocycles. The first-order valence-corrected chi connectivity index (χ1v) is 5.69. The number of carboxylic acid groups (broad SMARTS) is 1. The van der Waals surface area contributed by atoms with Crippen LogP contribution in [0.4, 0.5) is 5.69 Å². The van der Waals surface area contributed by atoms with Crippen molar-refractivity contribution in [2.75, 3.05) is 5.73 Å². The number of aromatic carboxylic acids is 1. The van der Waals surface area contributed by atoms with Gasteiger partial charge in [0.05, 0.1) is 5.56 Å². The van der Waals surface area contributed by atoms with E-state index in [4.69, 9.17) is 5.73 Å². The van der Waals surface area contributed by atoms with Gasteiger partial charge in [-0.1, -0.05) is 18.2 Å². The highest BCUT2D eigenvalue weighted by Gasteiger charge is 2.12. The SMILES string of the molecule is Cc1ccc(-c2cc(N)ccc2C(=O)O)cc1C. The lowest BCUT2D eigenvalue weighted by molar-refractivity contribution is 0.0698. The summed E-state index contributed by atoms with van der Waals surface area (Å²) in [4.78, 5) is 11.2. The third-order valence-electron chi connectivity index (χ3n) is 3.09. The van der Waals surface area contributed by atoms with E-state index in [0.717, 1.165) is 11.1 Å². The highest BCUT2D eigenvalue weighted by Crippen LogP contribution is 2.27. The van der Waals surface area contributed by atoms with Gasteiger partial charge >= 0.3 is 5.97 Å². The molecule has 0 atom stereocenters. The molecule has 18 heavy (non-hydrogen) atoms. The van der Waals surface area contributed by atoms with Crippen LogP contribution in [0, 0.1) is 13.8 Å². The number of anilines is 1. The number of hydrogen-bond donors (Lipinski definition) is 2. The molecule has 3 nitrogen and oxygen atoms in total. The largest absolute Gasteiger partial charge is 0.478 e. The Morgan fingerprint density at radius 3 is 2.39 bits per heavy atom. The Kier molecular flexibility index (Phi) is 3.06. The molecular formula is C15H15NO2. The third-order valence-corrected chi connectivity index (χ3v) is 3.09. The highest BCUT2D eigenvalue weighted by atomic mass is 16.4. The van der Waals surface area contributed by atoms with Gasteiger partial charge in [-0.15, -0.1) is 0 Å².